The van der Waals surface area contributed by atoms with E-state index in [0.717, 1.165) is 6.07 Å². The summed E-state index contributed by atoms with van der Waals surface area (Å²) in [6.45, 7) is 5.90. The summed E-state index contributed by atoms with van der Waals surface area (Å²) >= 11 is 12.6. The Hall–Kier alpha value is -4.17. The number of hydrogen-bond acceptors (Lipinski definition) is 6. The second-order valence-electron chi connectivity index (χ2n) is 15.0. The second kappa shape index (κ2) is 15.3. The number of Topliss-reactive ketones (excluding diaryl/α,β-unsaturated/α-hetero) is 1. The summed E-state index contributed by atoms with van der Waals surface area (Å²) in [6.07, 6.45) is -0.499. The standard InChI is InChI=1S/C42H41Cl2F2N3O4/c1-41(2,3)23-33-42(24-47,30-20-17-27(43)22-32(30)45)35(29-12-9-13-31(44)36(29)46)37-40(53)48(34(49(33)37)14-7-8-21-50)28-18-15-26(16-19-28)39(52)38(51)25-10-5-4-6-11-25/h4-6,9-13,15-20,22,33-35,37,39,50,52H,7-8,14,21,23H2,1-3H3/t33-,34+,35-,37+,39?,42-/m0/s1. The summed E-state index contributed by atoms with van der Waals surface area (Å²) in [6, 6.07) is 24.0. The lowest BCUT2D eigenvalue weighted by Gasteiger charge is -2.42. The van der Waals surface area contributed by atoms with Gasteiger partial charge in [-0.25, -0.2) is 8.78 Å². The van der Waals surface area contributed by atoms with Crippen LogP contribution in [0.3, 0.4) is 0 Å². The van der Waals surface area contributed by atoms with Crippen molar-refractivity contribution in [2.75, 3.05) is 11.5 Å². The number of carbonyl (C=O) groups excluding carboxylic acids is 2. The molecule has 2 saturated heterocycles. The summed E-state index contributed by atoms with van der Waals surface area (Å²) < 4.78 is 32.7. The van der Waals surface area contributed by atoms with E-state index in [4.69, 9.17) is 23.2 Å². The fraction of sp³-hybridized carbons (Fsp3) is 0.357. The van der Waals surface area contributed by atoms with Crippen LogP contribution in [0.15, 0.2) is 91.0 Å². The van der Waals surface area contributed by atoms with Gasteiger partial charge in [0.15, 0.2) is 5.78 Å². The molecule has 2 fully saturated rings. The molecule has 6 rings (SSSR count). The lowest BCUT2D eigenvalue weighted by atomic mass is 9.62. The number of ketones is 1. The molecule has 2 N–H and O–H groups in total. The largest absolute Gasteiger partial charge is 0.396 e. The Morgan fingerprint density at radius 2 is 1.68 bits per heavy atom. The molecular weight excluding hydrogens is 719 g/mol. The molecule has 2 heterocycles. The highest BCUT2D eigenvalue weighted by atomic mass is 35.5. The van der Waals surface area contributed by atoms with Gasteiger partial charge in [0.1, 0.15) is 29.2 Å². The molecule has 0 bridgehead atoms. The maximum absolute atomic E-state index is 16.4. The number of hydrogen-bond donors (Lipinski definition) is 2. The fourth-order valence-electron chi connectivity index (χ4n) is 8.29. The van der Waals surface area contributed by atoms with Gasteiger partial charge in [0, 0.05) is 40.4 Å². The van der Waals surface area contributed by atoms with E-state index in [0.29, 0.717) is 42.5 Å². The number of nitrogens with zero attached hydrogens (tertiary/aromatic N) is 3. The third-order valence-electron chi connectivity index (χ3n) is 10.5. The molecule has 1 amide bonds. The number of aliphatic hydroxyl groups excluding tert-OH is 2. The first-order valence-corrected chi connectivity index (χ1v) is 18.4. The number of aliphatic hydroxyl groups is 2. The number of carbonyl (C=O) groups is 2. The molecule has 1 unspecified atom stereocenters. The quantitative estimate of drug-likeness (QED) is 0.117. The van der Waals surface area contributed by atoms with Crippen molar-refractivity contribution in [3.05, 3.63) is 135 Å². The van der Waals surface area contributed by atoms with Crippen molar-refractivity contribution in [2.45, 2.75) is 82.1 Å². The van der Waals surface area contributed by atoms with Gasteiger partial charge in [-0.2, -0.15) is 5.26 Å². The van der Waals surface area contributed by atoms with Crippen LogP contribution in [-0.4, -0.2) is 51.7 Å². The Kier molecular flexibility index (Phi) is 11.1. The first kappa shape index (κ1) is 38.6. The van der Waals surface area contributed by atoms with Gasteiger partial charge in [-0.05, 0) is 72.6 Å². The van der Waals surface area contributed by atoms with Gasteiger partial charge in [0.25, 0.3) is 0 Å². The van der Waals surface area contributed by atoms with Crippen molar-refractivity contribution in [2.24, 2.45) is 5.41 Å². The minimum Gasteiger partial charge on any atom is -0.396 e. The Morgan fingerprint density at radius 1 is 0.981 bits per heavy atom. The molecule has 0 saturated carbocycles. The van der Waals surface area contributed by atoms with Crippen LogP contribution >= 0.6 is 23.2 Å². The van der Waals surface area contributed by atoms with Crippen LogP contribution in [0.2, 0.25) is 10.0 Å². The average Bonchev–Trinajstić information content (AvgIpc) is 3.57. The third-order valence-corrected chi connectivity index (χ3v) is 11.0. The van der Waals surface area contributed by atoms with E-state index in [9.17, 15) is 20.3 Å². The summed E-state index contributed by atoms with van der Waals surface area (Å²) in [5.74, 6) is -3.66. The number of benzene rings is 4. The molecule has 0 radical (unpaired) electrons. The molecule has 276 valence electrons. The number of halogens is 4. The van der Waals surface area contributed by atoms with E-state index >= 15 is 13.6 Å². The molecule has 53 heavy (non-hydrogen) atoms. The highest BCUT2D eigenvalue weighted by Crippen LogP contribution is 2.60. The fourth-order valence-corrected chi connectivity index (χ4v) is 8.63. The van der Waals surface area contributed by atoms with Gasteiger partial charge in [-0.1, -0.05) is 105 Å². The van der Waals surface area contributed by atoms with E-state index < -0.39 is 64.4 Å². The van der Waals surface area contributed by atoms with Crippen molar-refractivity contribution < 1.29 is 28.6 Å². The number of nitriles is 1. The maximum atomic E-state index is 16.4. The van der Waals surface area contributed by atoms with E-state index in [2.05, 4.69) is 6.07 Å². The van der Waals surface area contributed by atoms with Crippen LogP contribution in [-0.2, 0) is 10.2 Å². The molecule has 11 heteroatoms. The SMILES string of the molecule is CC(C)(C)C[C@@H]1N2[C@H](CCCCO)N(c3ccc(C(O)C(=O)c4ccccc4)cc3)C(=O)[C@H]2[C@H](c2cccc(Cl)c2F)[C@@]1(C#N)c1ccc(Cl)cc1F. The number of unbranched alkanes of at least 4 members (excludes halogenated alkanes) is 1. The van der Waals surface area contributed by atoms with Gasteiger partial charge in [-0.15, -0.1) is 0 Å². The van der Waals surface area contributed by atoms with Gasteiger partial charge in [0.05, 0.1) is 17.3 Å². The number of anilines is 1. The zero-order valence-electron chi connectivity index (χ0n) is 29.6. The molecular formula is C42H41Cl2F2N3O4. The van der Waals surface area contributed by atoms with Gasteiger partial charge < -0.3 is 10.2 Å². The van der Waals surface area contributed by atoms with Crippen molar-refractivity contribution in [1.82, 2.24) is 4.90 Å². The lowest BCUT2D eigenvalue weighted by molar-refractivity contribution is -0.119. The summed E-state index contributed by atoms with van der Waals surface area (Å²) in [5.41, 5.74) is -1.06. The number of rotatable bonds is 11. The maximum Gasteiger partial charge on any atom is 0.246 e. The van der Waals surface area contributed by atoms with E-state index in [1.54, 1.807) is 65.6 Å². The predicted octanol–water partition coefficient (Wildman–Crippen LogP) is 8.76. The van der Waals surface area contributed by atoms with Crippen LogP contribution in [0.25, 0.3) is 0 Å². The zero-order valence-corrected chi connectivity index (χ0v) is 31.2. The Balaban J connectivity index is 1.54. The molecule has 4 aromatic carbocycles. The molecule has 6 atom stereocenters. The number of fused-ring (bicyclic) bond motifs is 1. The van der Waals surface area contributed by atoms with Crippen LogP contribution < -0.4 is 4.90 Å². The number of amides is 1. The highest BCUT2D eigenvalue weighted by Gasteiger charge is 2.69. The molecule has 0 spiro atoms. The van der Waals surface area contributed by atoms with Gasteiger partial charge >= 0.3 is 0 Å². The van der Waals surface area contributed by atoms with Crippen molar-refractivity contribution in [3.8, 4) is 6.07 Å². The molecule has 4 aromatic rings. The topological polar surface area (TPSA) is 105 Å². The minimum absolute atomic E-state index is 0.00677. The van der Waals surface area contributed by atoms with Crippen molar-refractivity contribution in [1.29, 1.82) is 5.26 Å². The molecule has 0 aliphatic carbocycles. The Bertz CT molecular complexity index is 2040. The average molecular weight is 761 g/mol. The van der Waals surface area contributed by atoms with Gasteiger partial charge in [0.2, 0.25) is 5.91 Å². The smallest absolute Gasteiger partial charge is 0.246 e. The van der Waals surface area contributed by atoms with E-state index in [-0.39, 0.29) is 27.8 Å². The molecule has 2 aliphatic rings. The minimum atomic E-state index is -1.78. The molecule has 0 aromatic heterocycles. The van der Waals surface area contributed by atoms with Crippen LogP contribution in [0, 0.1) is 28.4 Å². The van der Waals surface area contributed by atoms with Crippen LogP contribution in [0.5, 0.6) is 0 Å². The normalized spacial score (nSPS) is 23.5. The Labute approximate surface area is 318 Å². The monoisotopic (exact) mass is 759 g/mol. The molecule has 2 aliphatic heterocycles. The van der Waals surface area contributed by atoms with Crippen LogP contribution in [0.1, 0.15) is 85.5 Å². The molecule has 7 nitrogen and oxygen atoms in total. The summed E-state index contributed by atoms with van der Waals surface area (Å²) in [4.78, 5) is 31.8. The second-order valence-corrected chi connectivity index (χ2v) is 15.9. The zero-order chi connectivity index (χ0) is 38.2. The first-order valence-electron chi connectivity index (χ1n) is 17.6. The van der Waals surface area contributed by atoms with Crippen molar-refractivity contribution >= 4 is 40.6 Å². The summed E-state index contributed by atoms with van der Waals surface area (Å²) in [5, 5.41) is 32.1. The lowest BCUT2D eigenvalue weighted by Crippen LogP contribution is -2.52. The predicted molar refractivity (Wildman–Crippen MR) is 201 cm³/mol. The highest BCUT2D eigenvalue weighted by molar-refractivity contribution is 6.31. The first-order chi connectivity index (χ1) is 25.2. The van der Waals surface area contributed by atoms with E-state index in [1.165, 1.54) is 24.3 Å². The van der Waals surface area contributed by atoms with Crippen molar-refractivity contribution in [3.63, 3.8) is 0 Å². The Morgan fingerprint density at radius 3 is 2.30 bits per heavy atom. The summed E-state index contributed by atoms with van der Waals surface area (Å²) in [7, 11) is 0. The van der Waals surface area contributed by atoms with Crippen LogP contribution in [0.4, 0.5) is 14.5 Å². The third kappa shape index (κ3) is 7.00. The van der Waals surface area contributed by atoms with Gasteiger partial charge in [-0.3, -0.25) is 19.4 Å². The van der Waals surface area contributed by atoms with E-state index in [1.807, 2.05) is 25.7 Å².